The highest BCUT2D eigenvalue weighted by molar-refractivity contribution is 7.90. The molecule has 2 aromatic heterocycles. The standard InChI is InChI=1S/C24H24FN5O5S/c1-14-10-18-15(2)19(24(31)34-21(18)12-20(14)35-30-9-3-7-26-13-30)11-16-6-8-27-23(22(16)25)29-36(32,33)28-17-4-5-17/h3,6-8,10,12-13,17,28H,4-5,9,11H2,1-2H3,(H,27,29). The highest BCUT2D eigenvalue weighted by atomic mass is 32.2. The lowest BCUT2D eigenvalue weighted by Crippen LogP contribution is -2.32. The molecule has 3 aromatic rings. The smallest absolute Gasteiger partial charge is 0.340 e. The number of nitrogens with zero attached hydrogens (tertiary/aromatic N) is 3. The number of hydrogen-bond acceptors (Lipinski definition) is 8. The van der Waals surface area contributed by atoms with E-state index in [1.165, 1.54) is 12.3 Å². The Labute approximate surface area is 206 Å². The Morgan fingerprint density at radius 1 is 1.28 bits per heavy atom. The van der Waals surface area contributed by atoms with Gasteiger partial charge in [0.05, 0.1) is 6.54 Å². The van der Waals surface area contributed by atoms with Gasteiger partial charge in [-0.1, -0.05) is 0 Å². The van der Waals surface area contributed by atoms with Gasteiger partial charge in [0.1, 0.15) is 11.9 Å². The molecular weight excluding hydrogens is 489 g/mol. The van der Waals surface area contributed by atoms with Crippen LogP contribution in [0.15, 0.2) is 50.9 Å². The predicted octanol–water partition coefficient (Wildman–Crippen LogP) is 3.09. The number of nitrogens with one attached hydrogen (secondary N) is 2. The third-order valence-corrected chi connectivity index (χ3v) is 7.04. The normalized spacial score (nSPS) is 15.5. The van der Waals surface area contributed by atoms with E-state index in [0.29, 0.717) is 28.8 Å². The van der Waals surface area contributed by atoms with Crippen LogP contribution in [0.25, 0.3) is 11.0 Å². The number of aryl methyl sites for hydroxylation is 2. The number of benzene rings is 1. The number of anilines is 1. The van der Waals surface area contributed by atoms with E-state index in [0.717, 1.165) is 18.4 Å². The maximum absolute atomic E-state index is 15.2. The first kappa shape index (κ1) is 23.9. The Morgan fingerprint density at radius 2 is 2.08 bits per heavy atom. The second-order valence-corrected chi connectivity index (χ2v) is 10.2. The molecule has 1 aliphatic carbocycles. The number of rotatable bonds is 8. The van der Waals surface area contributed by atoms with Crippen molar-refractivity contribution in [1.29, 1.82) is 0 Å². The van der Waals surface area contributed by atoms with Gasteiger partial charge in [0.2, 0.25) is 0 Å². The van der Waals surface area contributed by atoms with Crippen molar-refractivity contribution in [2.24, 2.45) is 4.99 Å². The molecule has 0 bridgehead atoms. The van der Waals surface area contributed by atoms with E-state index in [-0.39, 0.29) is 23.6 Å². The summed E-state index contributed by atoms with van der Waals surface area (Å²) in [6.45, 7) is 4.15. The van der Waals surface area contributed by atoms with E-state index in [1.54, 1.807) is 30.6 Å². The van der Waals surface area contributed by atoms with Crippen molar-refractivity contribution in [3.05, 3.63) is 75.2 Å². The van der Waals surface area contributed by atoms with Gasteiger partial charge in [-0.15, -0.1) is 0 Å². The molecule has 0 spiro atoms. The average Bonchev–Trinajstić information content (AvgIpc) is 3.64. The molecule has 2 N–H and O–H groups in total. The summed E-state index contributed by atoms with van der Waals surface area (Å²) in [6.07, 6.45) is 7.73. The van der Waals surface area contributed by atoms with E-state index >= 15 is 4.39 Å². The summed E-state index contributed by atoms with van der Waals surface area (Å²) in [5.41, 5.74) is 1.53. The minimum absolute atomic E-state index is 0.100. The van der Waals surface area contributed by atoms with Crippen molar-refractivity contribution in [3.8, 4) is 5.75 Å². The molecular formula is C24H24FN5O5S. The SMILES string of the molecule is Cc1cc2c(C)c(Cc3ccnc(NS(=O)(=O)NC4CC4)c3F)c(=O)oc2cc1ON1C=NC=CC1. The zero-order chi connectivity index (χ0) is 25.4. The highest BCUT2D eigenvalue weighted by Gasteiger charge is 2.28. The molecule has 10 nitrogen and oxygen atoms in total. The zero-order valence-electron chi connectivity index (χ0n) is 19.6. The third kappa shape index (κ3) is 5.09. The molecule has 0 amide bonds. The molecule has 1 aliphatic heterocycles. The van der Waals surface area contributed by atoms with Crippen molar-refractivity contribution >= 4 is 33.3 Å². The Bertz CT molecular complexity index is 1560. The van der Waals surface area contributed by atoms with Gasteiger partial charge in [0.25, 0.3) is 0 Å². The Balaban J connectivity index is 1.44. The zero-order valence-corrected chi connectivity index (χ0v) is 20.4. The van der Waals surface area contributed by atoms with Gasteiger partial charge < -0.3 is 9.25 Å². The van der Waals surface area contributed by atoms with Crippen LogP contribution in [0, 0.1) is 19.7 Å². The monoisotopic (exact) mass is 513 g/mol. The molecule has 0 saturated heterocycles. The van der Waals surface area contributed by atoms with Crippen molar-refractivity contribution in [1.82, 2.24) is 14.8 Å². The summed E-state index contributed by atoms with van der Waals surface area (Å²) in [5.74, 6) is -0.775. The number of pyridine rings is 1. The van der Waals surface area contributed by atoms with E-state index in [1.807, 2.05) is 19.1 Å². The number of fused-ring (bicyclic) bond motifs is 1. The second-order valence-electron chi connectivity index (χ2n) is 8.75. The van der Waals surface area contributed by atoms with Crippen molar-refractivity contribution in [2.45, 2.75) is 39.2 Å². The van der Waals surface area contributed by atoms with Crippen LogP contribution in [0.2, 0.25) is 0 Å². The van der Waals surface area contributed by atoms with Crippen LogP contribution in [0.3, 0.4) is 0 Å². The molecule has 1 saturated carbocycles. The molecule has 1 fully saturated rings. The lowest BCUT2D eigenvalue weighted by molar-refractivity contribution is 0.0354. The maximum atomic E-state index is 15.2. The molecule has 2 aliphatic rings. The summed E-state index contributed by atoms with van der Waals surface area (Å²) < 4.78 is 49.7. The lowest BCUT2D eigenvalue weighted by Gasteiger charge is -2.21. The summed E-state index contributed by atoms with van der Waals surface area (Å²) in [7, 11) is -3.96. The molecule has 0 unspecified atom stereocenters. The number of aliphatic imine (C=N–C) groups is 1. The fourth-order valence-electron chi connectivity index (χ4n) is 3.85. The largest absolute Gasteiger partial charge is 0.422 e. The van der Waals surface area contributed by atoms with Crippen LogP contribution >= 0.6 is 0 Å². The summed E-state index contributed by atoms with van der Waals surface area (Å²) in [5, 5.41) is 2.23. The third-order valence-electron chi connectivity index (χ3n) is 5.94. The van der Waals surface area contributed by atoms with Crippen LogP contribution in [0.5, 0.6) is 5.75 Å². The number of hydrogen-bond donors (Lipinski definition) is 2. The van der Waals surface area contributed by atoms with Crippen LogP contribution in [-0.4, -0.2) is 37.4 Å². The van der Waals surface area contributed by atoms with Gasteiger partial charge in [-0.05, 0) is 61.6 Å². The first-order chi connectivity index (χ1) is 17.2. The van der Waals surface area contributed by atoms with E-state index in [9.17, 15) is 13.2 Å². The molecule has 1 aromatic carbocycles. The molecule has 0 atom stereocenters. The van der Waals surface area contributed by atoms with Gasteiger partial charge >= 0.3 is 15.8 Å². The summed E-state index contributed by atoms with van der Waals surface area (Å²) >= 11 is 0. The van der Waals surface area contributed by atoms with Crippen molar-refractivity contribution in [3.63, 3.8) is 0 Å². The molecule has 5 rings (SSSR count). The van der Waals surface area contributed by atoms with Crippen LogP contribution < -0.4 is 19.9 Å². The maximum Gasteiger partial charge on any atom is 0.340 e. The van der Waals surface area contributed by atoms with E-state index in [2.05, 4.69) is 19.4 Å². The number of hydroxylamine groups is 2. The van der Waals surface area contributed by atoms with Gasteiger partial charge in [-0.2, -0.15) is 18.2 Å². The predicted molar refractivity (Wildman–Crippen MR) is 133 cm³/mol. The minimum Gasteiger partial charge on any atom is -0.422 e. The minimum atomic E-state index is -3.96. The first-order valence-corrected chi connectivity index (χ1v) is 12.8. The quantitative estimate of drug-likeness (QED) is 0.443. The van der Waals surface area contributed by atoms with Gasteiger partial charge in [0, 0.05) is 41.9 Å². The average molecular weight is 514 g/mol. The van der Waals surface area contributed by atoms with Crippen LogP contribution in [0.1, 0.15) is 35.1 Å². The molecule has 188 valence electrons. The Kier molecular flexibility index (Phi) is 6.22. The fraction of sp³-hybridized carbons (Fsp3) is 0.292. The molecule has 36 heavy (non-hydrogen) atoms. The van der Waals surface area contributed by atoms with E-state index in [4.69, 9.17) is 9.25 Å². The summed E-state index contributed by atoms with van der Waals surface area (Å²) in [4.78, 5) is 26.6. The van der Waals surface area contributed by atoms with E-state index < -0.39 is 27.5 Å². The highest BCUT2D eigenvalue weighted by Crippen LogP contribution is 2.30. The second kappa shape index (κ2) is 9.36. The molecule has 12 heteroatoms. The fourth-order valence-corrected chi connectivity index (χ4v) is 4.98. The summed E-state index contributed by atoms with van der Waals surface area (Å²) in [6, 6.07) is 4.75. The van der Waals surface area contributed by atoms with Crippen LogP contribution in [0.4, 0.5) is 10.2 Å². The topological polar surface area (TPSA) is 126 Å². The van der Waals surface area contributed by atoms with Crippen LogP contribution in [-0.2, 0) is 16.6 Å². The number of aromatic nitrogens is 1. The first-order valence-electron chi connectivity index (χ1n) is 11.3. The lowest BCUT2D eigenvalue weighted by atomic mass is 9.98. The molecule has 0 radical (unpaired) electrons. The van der Waals surface area contributed by atoms with Gasteiger partial charge in [-0.3, -0.25) is 4.72 Å². The molecule has 3 heterocycles. The van der Waals surface area contributed by atoms with Gasteiger partial charge in [-0.25, -0.2) is 19.2 Å². The number of halogens is 1. The van der Waals surface area contributed by atoms with Crippen molar-refractivity contribution < 1.29 is 22.1 Å². The van der Waals surface area contributed by atoms with Crippen molar-refractivity contribution in [2.75, 3.05) is 11.3 Å². The van der Waals surface area contributed by atoms with Gasteiger partial charge in [0.15, 0.2) is 17.4 Å². The Hall–Kier alpha value is -3.77. The Morgan fingerprint density at radius 3 is 2.81 bits per heavy atom.